The zero-order valence-corrected chi connectivity index (χ0v) is 17.6. The lowest BCUT2D eigenvalue weighted by Crippen LogP contribution is -2.45. The highest BCUT2D eigenvalue weighted by molar-refractivity contribution is 6.05. The summed E-state index contributed by atoms with van der Waals surface area (Å²) >= 11 is 0. The van der Waals surface area contributed by atoms with Gasteiger partial charge in [-0.25, -0.2) is 0 Å². The smallest absolute Gasteiger partial charge is 0.152 e. The van der Waals surface area contributed by atoms with Crippen molar-refractivity contribution in [3.63, 3.8) is 0 Å². The fraction of sp³-hybridized carbons (Fsp3) is 0.455. The second-order valence-corrected chi connectivity index (χ2v) is 7.76. The number of aryl methyl sites for hydroxylation is 2. The molecule has 7 nitrogen and oxygen atoms in total. The fourth-order valence-electron chi connectivity index (χ4n) is 4.24. The second kappa shape index (κ2) is 8.00. The van der Waals surface area contributed by atoms with Crippen LogP contribution in [-0.4, -0.2) is 72.7 Å². The SMILES string of the molecule is COc1ccc2c(c1)c(C=O)c(-c1c(C)noc1C)n2CCN1CCN(C)CC1. The van der Waals surface area contributed by atoms with Crippen LogP contribution in [0.3, 0.4) is 0 Å². The van der Waals surface area contributed by atoms with Gasteiger partial charge in [-0.15, -0.1) is 0 Å². The Kier molecular flexibility index (Phi) is 5.43. The molecule has 0 saturated carbocycles. The zero-order valence-electron chi connectivity index (χ0n) is 17.6. The minimum absolute atomic E-state index is 0.659. The lowest BCUT2D eigenvalue weighted by Gasteiger charge is -2.32. The zero-order chi connectivity index (χ0) is 20.5. The summed E-state index contributed by atoms with van der Waals surface area (Å²) in [4.78, 5) is 17.0. The molecule has 3 aromatic rings. The molecule has 1 fully saturated rings. The molecule has 0 amide bonds. The van der Waals surface area contributed by atoms with Gasteiger partial charge < -0.3 is 18.7 Å². The van der Waals surface area contributed by atoms with E-state index in [1.165, 1.54) is 0 Å². The van der Waals surface area contributed by atoms with Crippen LogP contribution < -0.4 is 4.74 Å². The molecule has 154 valence electrons. The highest BCUT2D eigenvalue weighted by Gasteiger charge is 2.24. The predicted octanol–water partition coefficient (Wildman–Crippen LogP) is 2.98. The molecule has 3 heterocycles. The average molecular weight is 396 g/mol. The third kappa shape index (κ3) is 3.56. The van der Waals surface area contributed by atoms with Gasteiger partial charge in [-0.1, -0.05) is 5.16 Å². The van der Waals surface area contributed by atoms with E-state index in [1.807, 2.05) is 32.0 Å². The van der Waals surface area contributed by atoms with Gasteiger partial charge in [-0.3, -0.25) is 9.69 Å². The van der Waals surface area contributed by atoms with Gasteiger partial charge in [0.15, 0.2) is 6.29 Å². The Labute approximate surface area is 170 Å². The molecule has 1 aliphatic heterocycles. The van der Waals surface area contributed by atoms with Crippen LogP contribution in [0.25, 0.3) is 22.2 Å². The van der Waals surface area contributed by atoms with Crippen LogP contribution in [0.15, 0.2) is 22.7 Å². The predicted molar refractivity (Wildman–Crippen MR) is 113 cm³/mol. The first-order valence-electron chi connectivity index (χ1n) is 10.0. The number of nitrogens with zero attached hydrogens (tertiary/aromatic N) is 4. The molecule has 29 heavy (non-hydrogen) atoms. The van der Waals surface area contributed by atoms with Crippen LogP contribution >= 0.6 is 0 Å². The number of hydrogen-bond acceptors (Lipinski definition) is 6. The standard InChI is InChI=1S/C22H28N4O3/c1-15-21(16(2)29-23-15)22-19(14-27)18-13-17(28-4)5-6-20(18)26(22)12-11-25-9-7-24(3)8-10-25/h5-6,13-14H,7-12H2,1-4H3. The number of aldehydes is 1. The quantitative estimate of drug-likeness (QED) is 0.597. The molecule has 1 saturated heterocycles. The molecule has 2 aromatic heterocycles. The van der Waals surface area contributed by atoms with Crippen molar-refractivity contribution in [3.05, 3.63) is 35.2 Å². The summed E-state index contributed by atoms with van der Waals surface area (Å²) in [6, 6.07) is 5.92. The lowest BCUT2D eigenvalue weighted by molar-refractivity contribution is 0.112. The van der Waals surface area contributed by atoms with Gasteiger partial charge in [0.2, 0.25) is 0 Å². The van der Waals surface area contributed by atoms with Crippen molar-refractivity contribution in [2.75, 3.05) is 46.9 Å². The minimum atomic E-state index is 0.659. The van der Waals surface area contributed by atoms with E-state index >= 15 is 0 Å². The first kappa shape index (κ1) is 19.7. The molecular formula is C22H28N4O3. The van der Waals surface area contributed by atoms with Crippen molar-refractivity contribution in [2.45, 2.75) is 20.4 Å². The largest absolute Gasteiger partial charge is 0.497 e. The van der Waals surface area contributed by atoms with Crippen LogP contribution in [0.4, 0.5) is 0 Å². The number of ether oxygens (including phenoxy) is 1. The normalized spacial score (nSPS) is 15.9. The maximum Gasteiger partial charge on any atom is 0.152 e. The van der Waals surface area contributed by atoms with E-state index in [0.29, 0.717) is 5.56 Å². The summed E-state index contributed by atoms with van der Waals surface area (Å²) in [7, 11) is 3.80. The second-order valence-electron chi connectivity index (χ2n) is 7.76. The fourth-order valence-corrected chi connectivity index (χ4v) is 4.24. The number of carbonyl (C=O) groups is 1. The van der Waals surface area contributed by atoms with E-state index in [1.54, 1.807) is 7.11 Å². The van der Waals surface area contributed by atoms with Crippen molar-refractivity contribution in [3.8, 4) is 17.0 Å². The molecular weight excluding hydrogens is 368 g/mol. The molecule has 1 aliphatic rings. The van der Waals surface area contributed by atoms with Crippen LogP contribution in [0, 0.1) is 13.8 Å². The van der Waals surface area contributed by atoms with E-state index in [0.717, 1.165) is 84.9 Å². The Balaban J connectivity index is 1.82. The Morgan fingerprint density at radius 2 is 1.93 bits per heavy atom. The molecule has 0 bridgehead atoms. The van der Waals surface area contributed by atoms with Gasteiger partial charge in [0, 0.05) is 55.7 Å². The van der Waals surface area contributed by atoms with Crippen LogP contribution in [0.1, 0.15) is 21.8 Å². The van der Waals surface area contributed by atoms with Crippen LogP contribution in [-0.2, 0) is 6.54 Å². The van der Waals surface area contributed by atoms with Gasteiger partial charge in [-0.05, 0) is 39.1 Å². The number of piperazine rings is 1. The maximum atomic E-state index is 12.2. The Hall–Kier alpha value is -2.64. The van der Waals surface area contributed by atoms with Crippen molar-refractivity contribution in [2.24, 2.45) is 0 Å². The highest BCUT2D eigenvalue weighted by atomic mass is 16.5. The van der Waals surface area contributed by atoms with Gasteiger partial charge in [-0.2, -0.15) is 0 Å². The van der Waals surface area contributed by atoms with Gasteiger partial charge in [0.25, 0.3) is 0 Å². The molecule has 0 atom stereocenters. The van der Waals surface area contributed by atoms with Crippen molar-refractivity contribution < 1.29 is 14.1 Å². The van der Waals surface area contributed by atoms with E-state index in [4.69, 9.17) is 9.26 Å². The lowest BCUT2D eigenvalue weighted by atomic mass is 10.0. The average Bonchev–Trinajstić information content (AvgIpc) is 3.22. The van der Waals surface area contributed by atoms with Crippen molar-refractivity contribution in [1.29, 1.82) is 0 Å². The first-order chi connectivity index (χ1) is 14.0. The molecule has 1 aromatic carbocycles. The van der Waals surface area contributed by atoms with Crippen molar-refractivity contribution >= 4 is 17.2 Å². The summed E-state index contributed by atoms with van der Waals surface area (Å²) in [5.41, 5.74) is 4.26. The minimum Gasteiger partial charge on any atom is -0.497 e. The van der Waals surface area contributed by atoms with Crippen molar-refractivity contribution in [1.82, 2.24) is 19.5 Å². The Morgan fingerprint density at radius 3 is 2.55 bits per heavy atom. The monoisotopic (exact) mass is 396 g/mol. The molecule has 0 N–H and O–H groups in total. The third-order valence-corrected chi connectivity index (χ3v) is 5.93. The number of carbonyl (C=O) groups excluding carboxylic acids is 1. The van der Waals surface area contributed by atoms with E-state index in [2.05, 4.69) is 26.6 Å². The summed E-state index contributed by atoms with van der Waals surface area (Å²) in [5.74, 6) is 1.46. The molecule has 0 radical (unpaired) electrons. The number of benzene rings is 1. The third-order valence-electron chi connectivity index (χ3n) is 5.93. The number of fused-ring (bicyclic) bond motifs is 1. The van der Waals surface area contributed by atoms with E-state index in [9.17, 15) is 4.79 Å². The maximum absolute atomic E-state index is 12.2. The summed E-state index contributed by atoms with van der Waals surface area (Å²) < 4.78 is 13.1. The molecule has 0 unspecified atom stereocenters. The molecule has 0 spiro atoms. The van der Waals surface area contributed by atoms with E-state index < -0.39 is 0 Å². The number of rotatable bonds is 6. The van der Waals surface area contributed by atoms with Gasteiger partial charge in [0.05, 0.1) is 24.1 Å². The number of likely N-dealkylation sites (N-methyl/N-ethyl adjacent to an activating group) is 1. The van der Waals surface area contributed by atoms with Crippen LogP contribution in [0.5, 0.6) is 5.75 Å². The van der Waals surface area contributed by atoms with Gasteiger partial charge >= 0.3 is 0 Å². The summed E-state index contributed by atoms with van der Waals surface area (Å²) in [6.07, 6.45) is 0.940. The molecule has 7 heteroatoms. The van der Waals surface area contributed by atoms with Crippen LogP contribution in [0.2, 0.25) is 0 Å². The summed E-state index contributed by atoms with van der Waals surface area (Å²) in [5, 5.41) is 5.02. The highest BCUT2D eigenvalue weighted by Crippen LogP contribution is 2.37. The van der Waals surface area contributed by atoms with Gasteiger partial charge in [0.1, 0.15) is 11.5 Å². The van der Waals surface area contributed by atoms with E-state index in [-0.39, 0.29) is 0 Å². The number of hydrogen-bond donors (Lipinski definition) is 0. The Bertz CT molecular complexity index is 1010. The summed E-state index contributed by atoms with van der Waals surface area (Å²) in [6.45, 7) is 9.82. The number of aromatic nitrogens is 2. The first-order valence-corrected chi connectivity index (χ1v) is 10.0. The Morgan fingerprint density at radius 1 is 1.17 bits per heavy atom. The molecule has 0 aliphatic carbocycles. The topological polar surface area (TPSA) is 63.7 Å². The molecule has 4 rings (SSSR count). The number of methoxy groups -OCH3 is 1.